The first kappa shape index (κ1) is 23.9. The fraction of sp³-hybridized carbons (Fsp3) is 0.393. The van der Waals surface area contributed by atoms with E-state index < -0.39 is 0 Å². The first-order valence-corrected chi connectivity index (χ1v) is 12.3. The average molecular weight is 486 g/mol. The predicted molar refractivity (Wildman–Crippen MR) is 140 cm³/mol. The van der Waals surface area contributed by atoms with Crippen molar-refractivity contribution in [3.63, 3.8) is 0 Å². The Morgan fingerprint density at radius 3 is 2.81 bits per heavy atom. The van der Waals surface area contributed by atoms with E-state index in [1.165, 1.54) is 6.33 Å². The van der Waals surface area contributed by atoms with Crippen LogP contribution >= 0.6 is 0 Å². The van der Waals surface area contributed by atoms with E-state index in [0.717, 1.165) is 67.6 Å². The number of benzene rings is 2. The third kappa shape index (κ3) is 4.67. The van der Waals surface area contributed by atoms with Gasteiger partial charge in [-0.3, -0.25) is 4.79 Å². The Bertz CT molecular complexity index is 1320. The number of likely N-dealkylation sites (tertiary alicyclic amines) is 2. The van der Waals surface area contributed by atoms with E-state index in [1.54, 1.807) is 7.11 Å². The smallest absolute Gasteiger partial charge is 0.229 e. The number of anilines is 2. The topological polar surface area (TPSA) is 79.8 Å². The molecule has 1 N–H and O–H groups in total. The summed E-state index contributed by atoms with van der Waals surface area (Å²) in [6.07, 6.45) is 9.84. The summed E-state index contributed by atoms with van der Waals surface area (Å²) in [7, 11) is 3.53. The SMILES string of the molecule is C#Cc1cccc(Nc2ncnc3cc(OC)c(OCCCN4CCC5(CCN(C)C5=O)C4)cc23)c1. The molecule has 0 radical (unpaired) electrons. The van der Waals surface area contributed by atoms with Crippen LogP contribution in [0, 0.1) is 17.8 Å². The lowest BCUT2D eigenvalue weighted by atomic mass is 9.86. The van der Waals surface area contributed by atoms with Crippen molar-refractivity contribution in [2.24, 2.45) is 5.41 Å². The number of amides is 1. The minimum Gasteiger partial charge on any atom is -0.493 e. The molecule has 1 spiro atoms. The Labute approximate surface area is 211 Å². The molecule has 2 aliphatic rings. The lowest BCUT2D eigenvalue weighted by molar-refractivity contribution is -0.134. The van der Waals surface area contributed by atoms with Crippen LogP contribution in [0.2, 0.25) is 0 Å². The number of aromatic nitrogens is 2. The molecule has 2 fully saturated rings. The Balaban J connectivity index is 1.25. The van der Waals surface area contributed by atoms with Crippen molar-refractivity contribution in [2.45, 2.75) is 19.3 Å². The molecular weight excluding hydrogens is 454 g/mol. The Morgan fingerprint density at radius 2 is 2.03 bits per heavy atom. The number of nitrogens with one attached hydrogen (secondary N) is 1. The van der Waals surface area contributed by atoms with Gasteiger partial charge in [0.1, 0.15) is 12.1 Å². The predicted octanol–water partition coefficient (Wildman–Crippen LogP) is 3.69. The second-order valence-electron chi connectivity index (χ2n) is 9.58. The molecule has 8 heteroatoms. The molecule has 0 aliphatic carbocycles. The summed E-state index contributed by atoms with van der Waals surface area (Å²) in [4.78, 5) is 25.7. The third-order valence-corrected chi connectivity index (χ3v) is 7.25. The molecule has 2 aliphatic heterocycles. The second-order valence-corrected chi connectivity index (χ2v) is 9.58. The van der Waals surface area contributed by atoms with Gasteiger partial charge in [-0.05, 0) is 50.1 Å². The van der Waals surface area contributed by atoms with Crippen LogP contribution < -0.4 is 14.8 Å². The number of methoxy groups -OCH3 is 1. The summed E-state index contributed by atoms with van der Waals surface area (Å²) in [6.45, 7) is 4.12. The van der Waals surface area contributed by atoms with Crippen LogP contribution in [0.25, 0.3) is 10.9 Å². The van der Waals surface area contributed by atoms with Gasteiger partial charge in [-0.1, -0.05) is 12.0 Å². The van der Waals surface area contributed by atoms with E-state index in [-0.39, 0.29) is 5.41 Å². The lowest BCUT2D eigenvalue weighted by Crippen LogP contribution is -2.35. The molecule has 0 bridgehead atoms. The van der Waals surface area contributed by atoms with Crippen LogP contribution in [-0.4, -0.2) is 72.6 Å². The zero-order valence-electron chi connectivity index (χ0n) is 20.8. The van der Waals surface area contributed by atoms with E-state index >= 15 is 0 Å². The van der Waals surface area contributed by atoms with Crippen molar-refractivity contribution < 1.29 is 14.3 Å². The van der Waals surface area contributed by atoms with Crippen molar-refractivity contribution >= 4 is 28.3 Å². The second kappa shape index (κ2) is 10.0. The van der Waals surface area contributed by atoms with Gasteiger partial charge in [0, 0.05) is 49.4 Å². The first-order chi connectivity index (χ1) is 17.5. The van der Waals surface area contributed by atoms with Gasteiger partial charge in [0.05, 0.1) is 24.6 Å². The molecular formula is C28H31N5O3. The van der Waals surface area contributed by atoms with Crippen LogP contribution in [-0.2, 0) is 4.79 Å². The molecule has 1 amide bonds. The molecule has 8 nitrogen and oxygen atoms in total. The van der Waals surface area contributed by atoms with Crippen LogP contribution in [0.1, 0.15) is 24.8 Å². The molecule has 3 heterocycles. The van der Waals surface area contributed by atoms with Gasteiger partial charge in [0.25, 0.3) is 0 Å². The monoisotopic (exact) mass is 485 g/mol. The number of nitrogens with zero attached hydrogens (tertiary/aromatic N) is 4. The standard InChI is InChI=1S/C28H31N5O3/c1-4-20-7-5-8-21(15-20)31-26-22-16-25(24(35-3)17-23(22)29-19-30-26)36-14-6-11-33-13-10-28(18-33)9-12-32(2)27(28)34/h1,5,7-8,15-17,19H,6,9-14,18H2,2-3H3,(H,29,30,31). The highest BCUT2D eigenvalue weighted by molar-refractivity contribution is 5.93. The molecule has 1 aromatic heterocycles. The molecule has 1 unspecified atom stereocenters. The Hall–Kier alpha value is -3.83. The molecule has 0 saturated carbocycles. The quantitative estimate of drug-likeness (QED) is 0.385. The van der Waals surface area contributed by atoms with Crippen LogP contribution in [0.5, 0.6) is 11.5 Å². The number of fused-ring (bicyclic) bond motifs is 1. The fourth-order valence-corrected chi connectivity index (χ4v) is 5.25. The van der Waals surface area contributed by atoms with Crippen molar-refractivity contribution in [3.8, 4) is 23.8 Å². The minimum atomic E-state index is -0.166. The first-order valence-electron chi connectivity index (χ1n) is 12.3. The maximum absolute atomic E-state index is 12.6. The number of ether oxygens (including phenoxy) is 2. The Morgan fingerprint density at radius 1 is 1.17 bits per heavy atom. The molecule has 3 aromatic rings. The maximum Gasteiger partial charge on any atom is 0.229 e. The summed E-state index contributed by atoms with van der Waals surface area (Å²) in [6, 6.07) is 11.4. The summed E-state index contributed by atoms with van der Waals surface area (Å²) in [5.41, 5.74) is 2.22. The van der Waals surface area contributed by atoms with Crippen molar-refractivity contribution in [1.82, 2.24) is 19.8 Å². The van der Waals surface area contributed by atoms with E-state index in [0.29, 0.717) is 29.8 Å². The van der Waals surface area contributed by atoms with Gasteiger partial charge < -0.3 is 24.6 Å². The normalized spacial score (nSPS) is 19.7. The van der Waals surface area contributed by atoms with E-state index in [4.69, 9.17) is 15.9 Å². The van der Waals surface area contributed by atoms with E-state index in [1.807, 2.05) is 48.3 Å². The minimum absolute atomic E-state index is 0.166. The number of hydrogen-bond donors (Lipinski definition) is 1. The van der Waals surface area contributed by atoms with Crippen molar-refractivity contribution in [1.29, 1.82) is 0 Å². The zero-order valence-corrected chi connectivity index (χ0v) is 20.8. The molecule has 36 heavy (non-hydrogen) atoms. The maximum atomic E-state index is 12.6. The van der Waals surface area contributed by atoms with Crippen molar-refractivity contribution in [3.05, 3.63) is 48.3 Å². The van der Waals surface area contributed by atoms with Crippen molar-refractivity contribution in [2.75, 3.05) is 52.3 Å². The fourth-order valence-electron chi connectivity index (χ4n) is 5.25. The van der Waals surface area contributed by atoms with Gasteiger partial charge >= 0.3 is 0 Å². The van der Waals surface area contributed by atoms with Gasteiger partial charge in [-0.15, -0.1) is 6.42 Å². The summed E-state index contributed by atoms with van der Waals surface area (Å²) >= 11 is 0. The van der Waals surface area contributed by atoms with E-state index in [9.17, 15) is 4.79 Å². The van der Waals surface area contributed by atoms with Crippen LogP contribution in [0.4, 0.5) is 11.5 Å². The average Bonchev–Trinajstić information content (AvgIpc) is 3.45. The molecule has 2 saturated heterocycles. The van der Waals surface area contributed by atoms with Gasteiger partial charge in [0.15, 0.2) is 11.5 Å². The summed E-state index contributed by atoms with van der Waals surface area (Å²) < 4.78 is 11.7. The summed E-state index contributed by atoms with van der Waals surface area (Å²) in [5, 5.41) is 4.16. The highest BCUT2D eigenvalue weighted by atomic mass is 16.5. The van der Waals surface area contributed by atoms with E-state index in [2.05, 4.69) is 26.1 Å². The number of carbonyl (C=O) groups excluding carboxylic acids is 1. The lowest BCUT2D eigenvalue weighted by Gasteiger charge is -2.22. The number of hydrogen-bond acceptors (Lipinski definition) is 7. The highest BCUT2D eigenvalue weighted by Gasteiger charge is 2.49. The largest absolute Gasteiger partial charge is 0.493 e. The number of terminal acetylenes is 1. The van der Waals surface area contributed by atoms with Gasteiger partial charge in [0.2, 0.25) is 5.91 Å². The Kier molecular flexibility index (Phi) is 6.66. The molecule has 186 valence electrons. The molecule has 1 atom stereocenters. The molecule has 2 aromatic carbocycles. The molecule has 5 rings (SSSR count). The van der Waals surface area contributed by atoms with Crippen LogP contribution in [0.15, 0.2) is 42.7 Å². The number of rotatable bonds is 8. The summed E-state index contributed by atoms with van der Waals surface area (Å²) in [5.74, 6) is 4.89. The van der Waals surface area contributed by atoms with Gasteiger partial charge in [-0.25, -0.2) is 9.97 Å². The van der Waals surface area contributed by atoms with Crippen LogP contribution in [0.3, 0.4) is 0 Å². The van der Waals surface area contributed by atoms with Gasteiger partial charge in [-0.2, -0.15) is 0 Å². The third-order valence-electron chi connectivity index (χ3n) is 7.25. The highest BCUT2D eigenvalue weighted by Crippen LogP contribution is 2.40. The zero-order chi connectivity index (χ0) is 25.1. The number of carbonyl (C=O) groups is 1.